The third-order valence-electron chi connectivity index (χ3n) is 0.801. The van der Waals surface area contributed by atoms with E-state index in [1.807, 2.05) is 28.9 Å². The Kier molecular flexibility index (Phi) is 1.72. The molecule has 0 aromatic heterocycles. The van der Waals surface area contributed by atoms with Crippen LogP contribution in [0.3, 0.4) is 0 Å². The number of amides is 2. The van der Waals surface area contributed by atoms with Crippen LogP contribution in [0.4, 0.5) is 4.79 Å². The number of nitrogens with zero attached hydrogens (tertiary/aromatic N) is 1. The molecule has 0 saturated heterocycles. The number of nitrogens with one attached hydrogen (secondary N) is 1. The number of hydrogen-bond donors (Lipinski definition) is 1. The van der Waals surface area contributed by atoms with E-state index in [0.717, 1.165) is 0 Å². The number of rotatable bonds is 0. The van der Waals surface area contributed by atoms with Gasteiger partial charge in [0, 0.05) is 12.7 Å². The summed E-state index contributed by atoms with van der Waals surface area (Å²) in [6.45, 7) is 0.651. The summed E-state index contributed by atoms with van der Waals surface area (Å²) in [5.41, 5.74) is 0. The van der Waals surface area contributed by atoms with Gasteiger partial charge < -0.3 is 5.32 Å². The third-order valence-corrected chi connectivity index (χ3v) is 1.56. The zero-order valence-corrected chi connectivity index (χ0v) is 6.25. The van der Waals surface area contributed by atoms with Crippen LogP contribution in [-0.2, 0) is 0 Å². The molecule has 1 aliphatic heterocycles. The van der Waals surface area contributed by atoms with Gasteiger partial charge in [-0.15, -0.1) is 0 Å². The van der Waals surface area contributed by atoms with Crippen molar-refractivity contribution in [2.45, 2.75) is 0 Å². The first-order valence-corrected chi connectivity index (χ1v) is 3.16. The van der Waals surface area contributed by atoms with E-state index in [0.29, 0.717) is 6.54 Å². The van der Waals surface area contributed by atoms with Crippen molar-refractivity contribution in [3.05, 3.63) is 12.3 Å². The van der Waals surface area contributed by atoms with E-state index < -0.39 is 0 Å². The molecule has 3 nitrogen and oxygen atoms in total. The third kappa shape index (κ3) is 1.12. The van der Waals surface area contributed by atoms with Crippen LogP contribution < -0.4 is 5.32 Å². The van der Waals surface area contributed by atoms with E-state index >= 15 is 0 Å². The molecule has 1 aliphatic rings. The lowest BCUT2D eigenvalue weighted by Crippen LogP contribution is -2.33. The Hall–Kier alpha value is -0.260. The quantitative estimate of drug-likeness (QED) is 0.480. The van der Waals surface area contributed by atoms with Crippen molar-refractivity contribution in [1.29, 1.82) is 0 Å². The molecule has 0 radical (unpaired) electrons. The van der Waals surface area contributed by atoms with E-state index in [1.165, 1.54) is 3.11 Å². The van der Waals surface area contributed by atoms with Crippen LogP contribution >= 0.6 is 22.9 Å². The molecule has 0 unspecified atom stereocenters. The van der Waals surface area contributed by atoms with Gasteiger partial charge in [0.2, 0.25) is 0 Å². The van der Waals surface area contributed by atoms with Gasteiger partial charge in [0.1, 0.15) is 0 Å². The average Bonchev–Trinajstić information content (AvgIpc) is 1.77. The van der Waals surface area contributed by atoms with Crippen LogP contribution in [0.1, 0.15) is 0 Å². The summed E-state index contributed by atoms with van der Waals surface area (Å²) in [4.78, 5) is 10.6. The first kappa shape index (κ1) is 5.87. The van der Waals surface area contributed by atoms with Crippen LogP contribution in [0.15, 0.2) is 12.3 Å². The molecule has 0 aromatic carbocycles. The number of hydrogen-bond acceptors (Lipinski definition) is 1. The maximum absolute atomic E-state index is 10.6. The minimum atomic E-state index is -0.0481. The molecule has 1 rings (SSSR count). The van der Waals surface area contributed by atoms with E-state index in [1.54, 1.807) is 6.20 Å². The smallest absolute Gasteiger partial charge is 0.330 e. The highest BCUT2D eigenvalue weighted by molar-refractivity contribution is 14.1. The molecular weight excluding hydrogens is 219 g/mol. The second kappa shape index (κ2) is 2.34. The Morgan fingerprint density at radius 3 is 3.00 bits per heavy atom. The van der Waals surface area contributed by atoms with Crippen molar-refractivity contribution in [3.63, 3.8) is 0 Å². The average molecular weight is 224 g/mol. The number of carbonyl (C=O) groups excluding carboxylic acids is 1. The largest absolute Gasteiger partial charge is 0.334 e. The lowest BCUT2D eigenvalue weighted by atomic mass is 10.5. The van der Waals surface area contributed by atoms with Crippen molar-refractivity contribution in [3.8, 4) is 0 Å². The van der Waals surface area contributed by atoms with Crippen molar-refractivity contribution in [2.24, 2.45) is 0 Å². The summed E-state index contributed by atoms with van der Waals surface area (Å²) < 4.78 is 1.47. The molecule has 0 bridgehead atoms. The molecule has 2 amide bonds. The predicted molar refractivity (Wildman–Crippen MR) is 38.4 cm³/mol. The highest BCUT2D eigenvalue weighted by atomic mass is 127. The molecule has 0 saturated carbocycles. The molecule has 0 fully saturated rings. The first-order chi connectivity index (χ1) is 3.80. The molecule has 8 heavy (non-hydrogen) atoms. The van der Waals surface area contributed by atoms with Crippen molar-refractivity contribution in [2.75, 3.05) is 6.54 Å². The summed E-state index contributed by atoms with van der Waals surface area (Å²) in [6.07, 6.45) is 3.62. The molecule has 4 heteroatoms. The fourth-order valence-electron chi connectivity index (χ4n) is 0.435. The second-order valence-electron chi connectivity index (χ2n) is 1.38. The SMILES string of the molecule is O=C1NCC=CN1I. The first-order valence-electron chi connectivity index (χ1n) is 2.20. The van der Waals surface area contributed by atoms with Crippen LogP contribution in [0.25, 0.3) is 0 Å². The van der Waals surface area contributed by atoms with Crippen molar-refractivity contribution >= 4 is 28.9 Å². The topological polar surface area (TPSA) is 32.3 Å². The summed E-state index contributed by atoms with van der Waals surface area (Å²) in [6, 6.07) is -0.0481. The molecule has 44 valence electrons. The number of carbonyl (C=O) groups is 1. The monoisotopic (exact) mass is 224 g/mol. The van der Waals surface area contributed by atoms with E-state index in [9.17, 15) is 4.79 Å². The molecule has 0 spiro atoms. The molecule has 0 aliphatic carbocycles. The van der Waals surface area contributed by atoms with Crippen LogP contribution in [0, 0.1) is 0 Å². The second-order valence-corrected chi connectivity index (χ2v) is 2.42. The van der Waals surface area contributed by atoms with Crippen LogP contribution in [0.5, 0.6) is 0 Å². The standard InChI is InChI=1S/C4H5IN2O/c5-7-3-1-2-6-4(7)8/h1,3H,2H2,(H,6,8). The van der Waals surface area contributed by atoms with Crippen molar-refractivity contribution in [1.82, 2.24) is 8.43 Å². The fourth-order valence-corrected chi connectivity index (χ4v) is 0.833. The zero-order chi connectivity index (χ0) is 5.98. The maximum Gasteiger partial charge on any atom is 0.330 e. The predicted octanol–water partition coefficient (Wildman–Crippen LogP) is 0.875. The summed E-state index contributed by atoms with van der Waals surface area (Å²) in [5, 5.41) is 2.62. The van der Waals surface area contributed by atoms with E-state index in [-0.39, 0.29) is 6.03 Å². The summed E-state index contributed by atoms with van der Waals surface area (Å²) in [5.74, 6) is 0. The van der Waals surface area contributed by atoms with Gasteiger partial charge in [-0.1, -0.05) is 0 Å². The lowest BCUT2D eigenvalue weighted by Gasteiger charge is -2.13. The Morgan fingerprint density at radius 2 is 2.62 bits per heavy atom. The molecule has 0 aromatic rings. The summed E-state index contributed by atoms with van der Waals surface area (Å²) >= 11 is 1.92. The van der Waals surface area contributed by atoms with E-state index in [4.69, 9.17) is 0 Å². The lowest BCUT2D eigenvalue weighted by molar-refractivity contribution is 0.235. The van der Waals surface area contributed by atoms with Crippen molar-refractivity contribution < 1.29 is 4.79 Å². The Balaban J connectivity index is 2.60. The van der Waals surface area contributed by atoms with Gasteiger partial charge in [-0.3, -0.25) is 0 Å². The number of halogens is 1. The van der Waals surface area contributed by atoms with Gasteiger partial charge in [0.15, 0.2) is 0 Å². The Bertz CT molecular complexity index is 134. The van der Waals surface area contributed by atoms with Gasteiger partial charge in [0.05, 0.1) is 22.9 Å². The zero-order valence-electron chi connectivity index (χ0n) is 4.10. The minimum absolute atomic E-state index is 0.0481. The highest BCUT2D eigenvalue weighted by Gasteiger charge is 2.07. The number of urea groups is 1. The molecule has 1 N–H and O–H groups in total. The van der Waals surface area contributed by atoms with E-state index in [2.05, 4.69) is 5.32 Å². The maximum atomic E-state index is 10.6. The van der Waals surface area contributed by atoms with Gasteiger partial charge in [-0.2, -0.15) is 0 Å². The molecule has 1 heterocycles. The highest BCUT2D eigenvalue weighted by Crippen LogP contribution is 2.02. The Morgan fingerprint density at radius 1 is 1.88 bits per heavy atom. The normalized spacial score (nSPS) is 18.6. The fraction of sp³-hybridized carbons (Fsp3) is 0.250. The molecular formula is C4H5IN2O. The van der Waals surface area contributed by atoms with Gasteiger partial charge >= 0.3 is 6.03 Å². The Labute approximate surface area is 61.2 Å². The van der Waals surface area contributed by atoms with Crippen LogP contribution in [0.2, 0.25) is 0 Å². The summed E-state index contributed by atoms with van der Waals surface area (Å²) in [7, 11) is 0. The van der Waals surface area contributed by atoms with Crippen LogP contribution in [-0.4, -0.2) is 15.7 Å². The minimum Gasteiger partial charge on any atom is -0.334 e. The van der Waals surface area contributed by atoms with Gasteiger partial charge in [0.25, 0.3) is 0 Å². The van der Waals surface area contributed by atoms with Gasteiger partial charge in [-0.25, -0.2) is 7.91 Å². The van der Waals surface area contributed by atoms with Gasteiger partial charge in [-0.05, 0) is 6.08 Å². The molecule has 0 atom stereocenters.